The van der Waals surface area contributed by atoms with E-state index >= 15 is 0 Å². The molecular formula is C26H31Cl2FN2O. The van der Waals surface area contributed by atoms with Crippen molar-refractivity contribution in [3.63, 3.8) is 0 Å². The van der Waals surface area contributed by atoms with Crippen LogP contribution in [0.15, 0.2) is 72.8 Å². The van der Waals surface area contributed by atoms with Gasteiger partial charge in [-0.05, 0) is 67.3 Å². The minimum absolute atomic E-state index is 0. The third-order valence-electron chi connectivity index (χ3n) is 5.96. The quantitative estimate of drug-likeness (QED) is 0.426. The molecule has 0 aromatic heterocycles. The number of rotatable bonds is 6. The summed E-state index contributed by atoms with van der Waals surface area (Å²) in [5, 5.41) is 7.53. The first-order valence-corrected chi connectivity index (χ1v) is 10.6. The largest absolute Gasteiger partial charge is 0.496 e. The molecule has 0 aliphatic carbocycles. The predicted octanol–water partition coefficient (Wildman–Crippen LogP) is 6.49. The molecule has 4 rings (SSSR count). The van der Waals surface area contributed by atoms with Gasteiger partial charge < -0.3 is 15.4 Å². The highest BCUT2D eigenvalue weighted by Gasteiger charge is 2.28. The van der Waals surface area contributed by atoms with Crippen molar-refractivity contribution in [1.29, 1.82) is 0 Å². The van der Waals surface area contributed by atoms with Crippen LogP contribution >= 0.6 is 24.8 Å². The van der Waals surface area contributed by atoms with Gasteiger partial charge in [0.15, 0.2) is 0 Å². The van der Waals surface area contributed by atoms with Crippen LogP contribution in [0.25, 0.3) is 11.1 Å². The van der Waals surface area contributed by atoms with Crippen LogP contribution in [0.4, 0.5) is 4.39 Å². The van der Waals surface area contributed by atoms with Gasteiger partial charge in [0.2, 0.25) is 0 Å². The highest BCUT2D eigenvalue weighted by molar-refractivity contribution is 5.85. The van der Waals surface area contributed by atoms with Crippen LogP contribution in [0.3, 0.4) is 0 Å². The molecule has 0 unspecified atom stereocenters. The summed E-state index contributed by atoms with van der Waals surface area (Å²) in [4.78, 5) is 0. The van der Waals surface area contributed by atoms with E-state index in [1.165, 1.54) is 17.7 Å². The number of methoxy groups -OCH3 is 1. The van der Waals surface area contributed by atoms with Crippen LogP contribution in [0.1, 0.15) is 43.0 Å². The molecular weight excluding hydrogens is 446 g/mol. The normalized spacial score (nSPS) is 18.7. The first-order chi connectivity index (χ1) is 14.7. The van der Waals surface area contributed by atoms with Gasteiger partial charge in [0.1, 0.15) is 11.6 Å². The molecule has 0 amide bonds. The van der Waals surface area contributed by atoms with E-state index < -0.39 is 0 Å². The van der Waals surface area contributed by atoms with Crippen molar-refractivity contribution in [1.82, 2.24) is 10.6 Å². The van der Waals surface area contributed by atoms with Gasteiger partial charge in [-0.2, -0.15) is 0 Å². The second kappa shape index (κ2) is 12.2. The lowest BCUT2D eigenvalue weighted by Crippen LogP contribution is -2.46. The Kier molecular flexibility index (Phi) is 9.98. The maximum atomic E-state index is 13.3. The molecule has 1 heterocycles. The summed E-state index contributed by atoms with van der Waals surface area (Å²) in [7, 11) is 1.71. The van der Waals surface area contributed by atoms with E-state index in [0.29, 0.717) is 6.04 Å². The zero-order valence-electron chi connectivity index (χ0n) is 18.4. The Balaban J connectivity index is 0.00000181. The van der Waals surface area contributed by atoms with Crippen molar-refractivity contribution in [3.8, 4) is 16.9 Å². The number of benzene rings is 3. The summed E-state index contributed by atoms with van der Waals surface area (Å²) < 4.78 is 19.0. The maximum Gasteiger partial charge on any atom is 0.123 e. The van der Waals surface area contributed by atoms with Crippen LogP contribution in [0.2, 0.25) is 0 Å². The van der Waals surface area contributed by atoms with Gasteiger partial charge in [-0.15, -0.1) is 24.8 Å². The van der Waals surface area contributed by atoms with Crippen molar-refractivity contribution in [2.45, 2.75) is 37.9 Å². The number of ether oxygens (including phenoxy) is 1. The smallest absolute Gasteiger partial charge is 0.123 e. The van der Waals surface area contributed by atoms with Crippen LogP contribution in [0, 0.1) is 5.82 Å². The Morgan fingerprint density at radius 3 is 2.34 bits per heavy atom. The van der Waals surface area contributed by atoms with Gasteiger partial charge in [-0.1, -0.05) is 48.5 Å². The predicted molar refractivity (Wildman–Crippen MR) is 135 cm³/mol. The van der Waals surface area contributed by atoms with Crippen LogP contribution in [-0.4, -0.2) is 19.7 Å². The molecule has 3 aromatic carbocycles. The Bertz CT molecular complexity index is 969. The third kappa shape index (κ3) is 6.02. The molecule has 2 N–H and O–H groups in total. The molecule has 1 aliphatic heterocycles. The van der Waals surface area contributed by atoms with Crippen molar-refractivity contribution in [2.24, 2.45) is 0 Å². The van der Waals surface area contributed by atoms with Crippen LogP contribution < -0.4 is 15.4 Å². The molecule has 3 atom stereocenters. The first-order valence-electron chi connectivity index (χ1n) is 10.6. The summed E-state index contributed by atoms with van der Waals surface area (Å²) >= 11 is 0. The zero-order valence-corrected chi connectivity index (χ0v) is 20.0. The van der Waals surface area contributed by atoms with Crippen molar-refractivity contribution < 1.29 is 9.13 Å². The van der Waals surface area contributed by atoms with Crippen molar-refractivity contribution in [3.05, 3.63) is 89.7 Å². The summed E-state index contributed by atoms with van der Waals surface area (Å²) in [5.74, 6) is 0.639. The second-order valence-electron chi connectivity index (χ2n) is 7.94. The van der Waals surface area contributed by atoms with Crippen LogP contribution in [-0.2, 0) is 0 Å². The number of piperidine rings is 1. The van der Waals surface area contributed by atoms with Gasteiger partial charge in [0.05, 0.1) is 7.11 Å². The van der Waals surface area contributed by atoms with Gasteiger partial charge in [0, 0.05) is 23.7 Å². The standard InChI is InChI=1S/C26H29FN2O.2ClH/c1-18(29-24-9-6-16-28-26(24)20-7-4-3-5-8-20)23-17-21(12-15-25(23)30-2)19-10-13-22(27)14-11-19;;/h3-5,7-8,10-15,17-18,24,26,28-29H,6,9,16H2,1-2H3;2*1H/t18-,24-,26+;;/m0../s1. The Hall–Kier alpha value is -2.11. The Morgan fingerprint density at radius 2 is 1.66 bits per heavy atom. The maximum absolute atomic E-state index is 13.3. The minimum atomic E-state index is -0.223. The summed E-state index contributed by atoms with van der Waals surface area (Å²) in [6.45, 7) is 3.22. The van der Waals surface area contributed by atoms with E-state index in [4.69, 9.17) is 4.74 Å². The summed E-state index contributed by atoms with van der Waals surface area (Å²) in [6.07, 6.45) is 2.28. The van der Waals surface area contributed by atoms with E-state index in [1.54, 1.807) is 7.11 Å². The molecule has 3 nitrogen and oxygen atoms in total. The highest BCUT2D eigenvalue weighted by atomic mass is 35.5. The molecule has 0 radical (unpaired) electrons. The number of hydrogen-bond acceptors (Lipinski definition) is 3. The van der Waals surface area contributed by atoms with Gasteiger partial charge >= 0.3 is 0 Å². The topological polar surface area (TPSA) is 33.3 Å². The molecule has 32 heavy (non-hydrogen) atoms. The fraction of sp³-hybridized carbons (Fsp3) is 0.308. The van der Waals surface area contributed by atoms with E-state index in [0.717, 1.165) is 41.8 Å². The summed E-state index contributed by atoms with van der Waals surface area (Å²) in [6, 6.07) is 24.2. The second-order valence-corrected chi connectivity index (χ2v) is 7.94. The molecule has 0 spiro atoms. The fourth-order valence-electron chi connectivity index (χ4n) is 4.38. The lowest BCUT2D eigenvalue weighted by molar-refractivity contribution is 0.284. The SMILES string of the molecule is COc1ccc(-c2ccc(F)cc2)cc1[C@H](C)N[C@H]1CCCN[C@@H]1c1ccccc1.Cl.Cl. The van der Waals surface area contributed by atoms with Gasteiger partial charge in [-0.25, -0.2) is 4.39 Å². The Labute approximate surface area is 202 Å². The molecule has 1 aliphatic rings. The number of nitrogens with one attached hydrogen (secondary N) is 2. The Morgan fingerprint density at radius 1 is 0.969 bits per heavy atom. The van der Waals surface area contributed by atoms with E-state index in [2.05, 4.69) is 54.0 Å². The first kappa shape index (κ1) is 26.1. The molecule has 6 heteroatoms. The minimum Gasteiger partial charge on any atom is -0.496 e. The number of hydrogen-bond donors (Lipinski definition) is 2. The van der Waals surface area contributed by atoms with E-state index in [1.807, 2.05) is 24.3 Å². The van der Waals surface area contributed by atoms with Crippen molar-refractivity contribution >= 4 is 24.8 Å². The molecule has 172 valence electrons. The molecule has 3 aromatic rings. The average molecular weight is 477 g/mol. The lowest BCUT2D eigenvalue weighted by atomic mass is 9.90. The molecule has 0 bridgehead atoms. The van der Waals surface area contributed by atoms with Crippen LogP contribution in [0.5, 0.6) is 5.75 Å². The fourth-order valence-corrected chi connectivity index (χ4v) is 4.38. The third-order valence-corrected chi connectivity index (χ3v) is 5.96. The van der Waals surface area contributed by atoms with E-state index in [9.17, 15) is 4.39 Å². The average Bonchev–Trinajstić information content (AvgIpc) is 2.80. The molecule has 1 saturated heterocycles. The summed E-state index contributed by atoms with van der Waals surface area (Å²) in [5.41, 5.74) is 4.47. The molecule has 1 fully saturated rings. The monoisotopic (exact) mass is 476 g/mol. The number of halogens is 3. The van der Waals surface area contributed by atoms with Crippen molar-refractivity contribution in [2.75, 3.05) is 13.7 Å². The van der Waals surface area contributed by atoms with Gasteiger partial charge in [-0.3, -0.25) is 0 Å². The highest BCUT2D eigenvalue weighted by Crippen LogP contribution is 2.33. The van der Waals surface area contributed by atoms with Gasteiger partial charge in [0.25, 0.3) is 0 Å². The lowest BCUT2D eigenvalue weighted by Gasteiger charge is -2.36. The van der Waals surface area contributed by atoms with E-state index in [-0.39, 0.29) is 42.7 Å². The molecule has 0 saturated carbocycles. The zero-order chi connectivity index (χ0) is 20.9.